The van der Waals surface area contributed by atoms with Crippen LogP contribution in [0.1, 0.15) is 18.7 Å². The molecule has 19 heavy (non-hydrogen) atoms. The van der Waals surface area contributed by atoms with Gasteiger partial charge in [-0.1, -0.05) is 0 Å². The van der Waals surface area contributed by atoms with Gasteiger partial charge in [-0.25, -0.2) is 4.39 Å². The van der Waals surface area contributed by atoms with Crippen LogP contribution < -0.4 is 10.1 Å². The first-order chi connectivity index (χ1) is 9.10. The predicted octanol–water partition coefficient (Wildman–Crippen LogP) is 4.06. The lowest BCUT2D eigenvalue weighted by Crippen LogP contribution is -2.13. The van der Waals surface area contributed by atoms with E-state index in [1.807, 2.05) is 26.1 Å². The number of nitrogens with zero attached hydrogens (tertiary/aromatic N) is 1. The number of ether oxygens (including phenoxy) is 1. The first-order valence-corrected chi connectivity index (χ1v) is 6.65. The standard InChI is InChI=1S/C14H14BrFN2O/c1-9(17-2)14-6-4-11(8-18-14)19-10-3-5-12(15)13(16)7-10/h3-9,17H,1-2H3. The van der Waals surface area contributed by atoms with Gasteiger partial charge in [-0.3, -0.25) is 4.98 Å². The zero-order chi connectivity index (χ0) is 13.8. The van der Waals surface area contributed by atoms with Crippen LogP contribution in [0, 0.1) is 5.82 Å². The Balaban J connectivity index is 2.12. The van der Waals surface area contributed by atoms with Gasteiger partial charge in [0.2, 0.25) is 0 Å². The van der Waals surface area contributed by atoms with Crippen molar-refractivity contribution in [2.75, 3.05) is 7.05 Å². The maximum absolute atomic E-state index is 13.3. The minimum atomic E-state index is -0.356. The summed E-state index contributed by atoms with van der Waals surface area (Å²) < 4.78 is 19.3. The molecule has 5 heteroatoms. The fourth-order valence-corrected chi connectivity index (χ4v) is 1.78. The average molecular weight is 325 g/mol. The molecule has 0 saturated heterocycles. The molecule has 0 spiro atoms. The van der Waals surface area contributed by atoms with E-state index in [1.54, 1.807) is 18.3 Å². The molecule has 0 bridgehead atoms. The van der Waals surface area contributed by atoms with Crippen LogP contribution in [-0.4, -0.2) is 12.0 Å². The molecule has 0 aliphatic carbocycles. The van der Waals surface area contributed by atoms with Crippen LogP contribution in [-0.2, 0) is 0 Å². The fraction of sp³-hybridized carbons (Fsp3) is 0.214. The molecule has 2 aromatic rings. The number of aromatic nitrogens is 1. The minimum absolute atomic E-state index is 0.180. The van der Waals surface area contributed by atoms with E-state index in [0.717, 1.165) is 5.69 Å². The van der Waals surface area contributed by atoms with Crippen LogP contribution in [0.5, 0.6) is 11.5 Å². The van der Waals surface area contributed by atoms with Gasteiger partial charge in [-0.15, -0.1) is 0 Å². The molecule has 0 fully saturated rings. The van der Waals surface area contributed by atoms with E-state index in [2.05, 4.69) is 26.2 Å². The van der Waals surface area contributed by atoms with E-state index in [-0.39, 0.29) is 11.9 Å². The quantitative estimate of drug-likeness (QED) is 0.921. The number of hydrogen-bond donors (Lipinski definition) is 1. The molecule has 0 amide bonds. The number of benzene rings is 1. The van der Waals surface area contributed by atoms with Crippen molar-refractivity contribution in [3.63, 3.8) is 0 Å². The molecular weight excluding hydrogens is 311 g/mol. The van der Waals surface area contributed by atoms with Crippen LogP contribution in [0.3, 0.4) is 0 Å². The van der Waals surface area contributed by atoms with Crippen LogP contribution >= 0.6 is 15.9 Å². The third-order valence-electron chi connectivity index (χ3n) is 2.76. The Morgan fingerprint density at radius 2 is 2.00 bits per heavy atom. The molecule has 1 aromatic carbocycles. The Labute approximate surface area is 119 Å². The summed E-state index contributed by atoms with van der Waals surface area (Å²) in [7, 11) is 1.88. The molecule has 100 valence electrons. The molecule has 1 atom stereocenters. The van der Waals surface area contributed by atoms with Crippen molar-refractivity contribution >= 4 is 15.9 Å². The summed E-state index contributed by atoms with van der Waals surface area (Å²) in [5.41, 5.74) is 0.928. The van der Waals surface area contributed by atoms with Crippen molar-refractivity contribution in [2.24, 2.45) is 0 Å². The van der Waals surface area contributed by atoms with Gasteiger partial charge in [0.05, 0.1) is 16.4 Å². The second-order valence-electron chi connectivity index (χ2n) is 4.11. The molecule has 2 rings (SSSR count). The van der Waals surface area contributed by atoms with Crippen molar-refractivity contribution in [3.05, 3.63) is 52.5 Å². The summed E-state index contributed by atoms with van der Waals surface area (Å²) in [5.74, 6) is 0.663. The van der Waals surface area contributed by atoms with Crippen molar-refractivity contribution in [1.29, 1.82) is 0 Å². The third kappa shape index (κ3) is 3.52. The molecule has 1 aromatic heterocycles. The van der Waals surface area contributed by atoms with Crippen LogP contribution in [0.2, 0.25) is 0 Å². The topological polar surface area (TPSA) is 34.1 Å². The Bertz CT molecular complexity index is 560. The molecule has 3 nitrogen and oxygen atoms in total. The molecule has 1 heterocycles. The molecule has 0 aliphatic heterocycles. The Hall–Kier alpha value is -1.46. The second kappa shape index (κ2) is 6.12. The highest BCUT2D eigenvalue weighted by molar-refractivity contribution is 9.10. The van der Waals surface area contributed by atoms with E-state index >= 15 is 0 Å². The monoisotopic (exact) mass is 324 g/mol. The fourth-order valence-electron chi connectivity index (χ4n) is 1.53. The number of pyridine rings is 1. The summed E-state index contributed by atoms with van der Waals surface area (Å²) in [6.07, 6.45) is 1.63. The van der Waals surface area contributed by atoms with Crippen molar-refractivity contribution < 1.29 is 9.13 Å². The summed E-state index contributed by atoms with van der Waals surface area (Å²) in [4.78, 5) is 4.30. The smallest absolute Gasteiger partial charge is 0.145 e. The summed E-state index contributed by atoms with van der Waals surface area (Å²) in [6.45, 7) is 2.02. The van der Waals surface area contributed by atoms with Gasteiger partial charge in [0, 0.05) is 12.1 Å². The zero-order valence-electron chi connectivity index (χ0n) is 10.7. The highest BCUT2D eigenvalue weighted by atomic mass is 79.9. The average Bonchev–Trinajstić information content (AvgIpc) is 2.43. The van der Waals surface area contributed by atoms with Gasteiger partial charge >= 0.3 is 0 Å². The molecule has 0 radical (unpaired) electrons. The van der Waals surface area contributed by atoms with E-state index in [9.17, 15) is 4.39 Å². The Kier molecular flexibility index (Phi) is 4.50. The van der Waals surface area contributed by atoms with Crippen LogP contribution in [0.25, 0.3) is 0 Å². The third-order valence-corrected chi connectivity index (χ3v) is 3.41. The predicted molar refractivity (Wildman–Crippen MR) is 75.9 cm³/mol. The first kappa shape index (κ1) is 14.0. The highest BCUT2D eigenvalue weighted by Crippen LogP contribution is 2.25. The summed E-state index contributed by atoms with van der Waals surface area (Å²) >= 11 is 3.10. The van der Waals surface area contributed by atoms with Gasteiger partial charge < -0.3 is 10.1 Å². The summed E-state index contributed by atoms with van der Waals surface area (Å²) in [5, 5.41) is 3.11. The second-order valence-corrected chi connectivity index (χ2v) is 4.96. The molecule has 0 aliphatic rings. The SMILES string of the molecule is CNC(C)c1ccc(Oc2ccc(Br)c(F)c2)cn1. The lowest BCUT2D eigenvalue weighted by atomic mass is 10.2. The van der Waals surface area contributed by atoms with Crippen LogP contribution in [0.4, 0.5) is 4.39 Å². The molecule has 1 unspecified atom stereocenters. The minimum Gasteiger partial charge on any atom is -0.456 e. The van der Waals surface area contributed by atoms with E-state index in [1.165, 1.54) is 6.07 Å². The van der Waals surface area contributed by atoms with Crippen LogP contribution in [0.15, 0.2) is 41.0 Å². The van der Waals surface area contributed by atoms with Gasteiger partial charge in [0.15, 0.2) is 0 Å². The maximum Gasteiger partial charge on any atom is 0.145 e. The first-order valence-electron chi connectivity index (χ1n) is 5.86. The number of nitrogens with one attached hydrogen (secondary N) is 1. The molecular formula is C14H14BrFN2O. The number of hydrogen-bond acceptors (Lipinski definition) is 3. The maximum atomic E-state index is 13.3. The molecule has 1 N–H and O–H groups in total. The summed E-state index contributed by atoms with van der Waals surface area (Å²) in [6, 6.07) is 8.50. The highest BCUT2D eigenvalue weighted by Gasteiger charge is 2.06. The lowest BCUT2D eigenvalue weighted by Gasteiger charge is -2.10. The van der Waals surface area contributed by atoms with Gasteiger partial charge in [0.1, 0.15) is 17.3 Å². The van der Waals surface area contributed by atoms with E-state index in [0.29, 0.717) is 16.0 Å². The number of rotatable bonds is 4. The van der Waals surface area contributed by atoms with E-state index in [4.69, 9.17) is 4.74 Å². The van der Waals surface area contributed by atoms with Gasteiger partial charge in [-0.05, 0) is 54.2 Å². The van der Waals surface area contributed by atoms with Crippen molar-refractivity contribution in [2.45, 2.75) is 13.0 Å². The normalized spacial score (nSPS) is 12.2. The Morgan fingerprint density at radius 3 is 2.58 bits per heavy atom. The Morgan fingerprint density at radius 1 is 1.26 bits per heavy atom. The number of halogens is 2. The van der Waals surface area contributed by atoms with Gasteiger partial charge in [0.25, 0.3) is 0 Å². The van der Waals surface area contributed by atoms with Crippen molar-refractivity contribution in [3.8, 4) is 11.5 Å². The lowest BCUT2D eigenvalue weighted by molar-refractivity contribution is 0.472. The largest absolute Gasteiger partial charge is 0.456 e. The van der Waals surface area contributed by atoms with Gasteiger partial charge in [-0.2, -0.15) is 0 Å². The van der Waals surface area contributed by atoms with Crippen molar-refractivity contribution in [1.82, 2.24) is 10.3 Å². The van der Waals surface area contributed by atoms with E-state index < -0.39 is 0 Å². The zero-order valence-corrected chi connectivity index (χ0v) is 12.2. The molecule has 0 saturated carbocycles.